The molecule has 0 aliphatic rings. The molecule has 0 aromatic heterocycles. The molecule has 0 saturated carbocycles. The maximum absolute atomic E-state index is 13.8. The number of carbonyl (C=O) groups excluding carboxylic acids is 2. The Morgan fingerprint density at radius 1 is 0.815 bits per heavy atom. The fraction of sp³-hybridized carbons (Fsp3) is 0.300. The van der Waals surface area contributed by atoms with E-state index in [1.54, 1.807) is 0 Å². The van der Waals surface area contributed by atoms with Crippen LogP contribution in [0.2, 0.25) is 0 Å². The Morgan fingerprint density at radius 3 is 1.81 bits per heavy atom. The first-order chi connectivity index (χ1) is 13.0. The molecule has 2 aromatic carbocycles. The SMILES string of the molecule is O=C(OCCCCC(F)COC(=O)c1ccc(O)cc1)c1ccc(O)cc1. The van der Waals surface area contributed by atoms with E-state index in [2.05, 4.69) is 0 Å². The summed E-state index contributed by atoms with van der Waals surface area (Å²) in [5.74, 6) is -1.07. The average Bonchev–Trinajstić information content (AvgIpc) is 2.66. The highest BCUT2D eigenvalue weighted by Gasteiger charge is 2.13. The molecule has 1 unspecified atom stereocenters. The molecule has 0 spiro atoms. The fourth-order valence-corrected chi connectivity index (χ4v) is 2.24. The van der Waals surface area contributed by atoms with Crippen LogP contribution in [0.4, 0.5) is 4.39 Å². The summed E-state index contributed by atoms with van der Waals surface area (Å²) in [6.45, 7) is -0.202. The van der Waals surface area contributed by atoms with Crippen LogP contribution in [0.3, 0.4) is 0 Å². The van der Waals surface area contributed by atoms with E-state index in [1.807, 2.05) is 0 Å². The zero-order valence-corrected chi connectivity index (χ0v) is 14.6. The molecule has 0 aliphatic carbocycles. The van der Waals surface area contributed by atoms with Gasteiger partial charge in [-0.3, -0.25) is 0 Å². The Hall–Kier alpha value is -3.09. The number of benzene rings is 2. The molecular weight excluding hydrogens is 355 g/mol. The standard InChI is InChI=1S/C20H21FO6/c21-16(13-27-20(25)15-6-10-18(23)11-7-15)3-1-2-12-26-19(24)14-4-8-17(22)9-5-14/h4-11,16,22-23H,1-3,12-13H2. The van der Waals surface area contributed by atoms with Gasteiger partial charge in [0.15, 0.2) is 0 Å². The smallest absolute Gasteiger partial charge is 0.338 e. The van der Waals surface area contributed by atoms with E-state index < -0.39 is 18.1 Å². The lowest BCUT2D eigenvalue weighted by molar-refractivity contribution is 0.0377. The zero-order chi connectivity index (χ0) is 19.6. The van der Waals surface area contributed by atoms with Crippen molar-refractivity contribution in [1.29, 1.82) is 0 Å². The normalized spacial score (nSPS) is 11.6. The number of halogens is 1. The largest absolute Gasteiger partial charge is 0.508 e. The predicted octanol–water partition coefficient (Wildman–Crippen LogP) is 3.62. The van der Waals surface area contributed by atoms with Gasteiger partial charge in [-0.05, 0) is 67.8 Å². The van der Waals surface area contributed by atoms with Gasteiger partial charge in [0, 0.05) is 0 Å². The molecule has 0 aliphatic heterocycles. The van der Waals surface area contributed by atoms with E-state index in [1.165, 1.54) is 48.5 Å². The number of aromatic hydroxyl groups is 2. The predicted molar refractivity (Wildman–Crippen MR) is 95.5 cm³/mol. The molecule has 0 fully saturated rings. The third-order valence-corrected chi connectivity index (χ3v) is 3.75. The van der Waals surface area contributed by atoms with Gasteiger partial charge < -0.3 is 19.7 Å². The maximum Gasteiger partial charge on any atom is 0.338 e. The number of esters is 2. The summed E-state index contributed by atoms with van der Waals surface area (Å²) in [4.78, 5) is 23.5. The summed E-state index contributed by atoms with van der Waals surface area (Å²) in [5, 5.41) is 18.3. The van der Waals surface area contributed by atoms with Gasteiger partial charge in [0.05, 0.1) is 17.7 Å². The van der Waals surface area contributed by atoms with Crippen molar-refractivity contribution < 1.29 is 33.7 Å². The summed E-state index contributed by atoms with van der Waals surface area (Å²) >= 11 is 0. The molecule has 0 bridgehead atoms. The number of ether oxygens (including phenoxy) is 2. The van der Waals surface area contributed by atoms with Gasteiger partial charge in [-0.15, -0.1) is 0 Å². The van der Waals surface area contributed by atoms with Gasteiger partial charge in [-0.25, -0.2) is 14.0 Å². The van der Waals surface area contributed by atoms with Crippen LogP contribution < -0.4 is 0 Å². The van der Waals surface area contributed by atoms with E-state index in [0.29, 0.717) is 18.4 Å². The molecule has 0 saturated heterocycles. The first-order valence-corrected chi connectivity index (χ1v) is 8.52. The summed E-state index contributed by atoms with van der Waals surface area (Å²) in [7, 11) is 0. The van der Waals surface area contributed by atoms with E-state index in [-0.39, 0.29) is 36.7 Å². The van der Waals surface area contributed by atoms with Crippen LogP contribution in [-0.4, -0.2) is 41.5 Å². The first-order valence-electron chi connectivity index (χ1n) is 8.52. The third kappa shape index (κ3) is 6.97. The van der Waals surface area contributed by atoms with E-state index in [4.69, 9.17) is 19.7 Å². The molecule has 0 heterocycles. The summed E-state index contributed by atoms with van der Waals surface area (Å²) in [6, 6.07) is 11.2. The molecule has 6 nitrogen and oxygen atoms in total. The lowest BCUT2D eigenvalue weighted by Gasteiger charge is -2.10. The molecule has 0 amide bonds. The Kier molecular flexibility index (Phi) is 7.61. The fourth-order valence-electron chi connectivity index (χ4n) is 2.24. The van der Waals surface area contributed by atoms with Gasteiger partial charge in [-0.2, -0.15) is 0 Å². The number of carbonyl (C=O) groups is 2. The number of unbranched alkanes of at least 4 members (excludes halogenated alkanes) is 1. The third-order valence-electron chi connectivity index (χ3n) is 3.75. The van der Waals surface area contributed by atoms with Crippen molar-refractivity contribution in [3.8, 4) is 11.5 Å². The van der Waals surface area contributed by atoms with Crippen molar-refractivity contribution in [3.63, 3.8) is 0 Å². The minimum atomic E-state index is -1.31. The van der Waals surface area contributed by atoms with Gasteiger partial charge in [0.1, 0.15) is 24.3 Å². The Labute approximate surface area is 156 Å². The van der Waals surface area contributed by atoms with Crippen LogP contribution in [-0.2, 0) is 9.47 Å². The summed E-state index contributed by atoms with van der Waals surface area (Å²) in [5.41, 5.74) is 0.568. The minimum absolute atomic E-state index is 0.0287. The van der Waals surface area contributed by atoms with E-state index in [0.717, 1.165) is 0 Å². The highest BCUT2D eigenvalue weighted by atomic mass is 19.1. The van der Waals surface area contributed by atoms with Crippen molar-refractivity contribution in [2.24, 2.45) is 0 Å². The average molecular weight is 376 g/mol. The maximum atomic E-state index is 13.8. The van der Waals surface area contributed by atoms with Gasteiger partial charge in [0.25, 0.3) is 0 Å². The number of alkyl halides is 1. The van der Waals surface area contributed by atoms with Crippen LogP contribution in [0, 0.1) is 0 Å². The number of rotatable bonds is 9. The number of phenols is 2. The van der Waals surface area contributed by atoms with Crippen molar-refractivity contribution in [2.45, 2.75) is 25.4 Å². The Balaban J connectivity index is 1.58. The van der Waals surface area contributed by atoms with E-state index in [9.17, 15) is 14.0 Å². The minimum Gasteiger partial charge on any atom is -0.508 e. The first kappa shape index (κ1) is 20.2. The highest BCUT2D eigenvalue weighted by Crippen LogP contribution is 2.13. The van der Waals surface area contributed by atoms with Crippen LogP contribution in [0.5, 0.6) is 11.5 Å². The quantitative estimate of drug-likeness (QED) is 0.513. The van der Waals surface area contributed by atoms with Crippen molar-refractivity contribution >= 4 is 11.9 Å². The number of hydrogen-bond donors (Lipinski definition) is 2. The van der Waals surface area contributed by atoms with Gasteiger partial charge in [-0.1, -0.05) is 0 Å². The monoisotopic (exact) mass is 376 g/mol. The topological polar surface area (TPSA) is 93.1 Å². The van der Waals surface area contributed by atoms with E-state index >= 15 is 0 Å². The zero-order valence-electron chi connectivity index (χ0n) is 14.6. The van der Waals surface area contributed by atoms with Crippen LogP contribution in [0.1, 0.15) is 40.0 Å². The second-order valence-electron chi connectivity index (χ2n) is 5.92. The molecule has 144 valence electrons. The van der Waals surface area contributed by atoms with Crippen molar-refractivity contribution in [2.75, 3.05) is 13.2 Å². The lowest BCUT2D eigenvalue weighted by Crippen LogP contribution is -2.15. The number of hydrogen-bond acceptors (Lipinski definition) is 6. The molecule has 0 radical (unpaired) electrons. The number of phenolic OH excluding ortho intramolecular Hbond substituents is 2. The van der Waals surface area contributed by atoms with Crippen molar-refractivity contribution in [3.05, 3.63) is 59.7 Å². The highest BCUT2D eigenvalue weighted by molar-refractivity contribution is 5.89. The molecular formula is C20H21FO6. The van der Waals surface area contributed by atoms with Gasteiger partial charge >= 0.3 is 11.9 Å². The van der Waals surface area contributed by atoms with Gasteiger partial charge in [0.2, 0.25) is 0 Å². The molecule has 2 aromatic rings. The molecule has 7 heteroatoms. The molecule has 1 atom stereocenters. The van der Waals surface area contributed by atoms with Crippen LogP contribution in [0.25, 0.3) is 0 Å². The summed E-state index contributed by atoms with van der Waals surface area (Å²) < 4.78 is 23.7. The van der Waals surface area contributed by atoms with Crippen molar-refractivity contribution in [1.82, 2.24) is 0 Å². The Morgan fingerprint density at radius 2 is 1.30 bits per heavy atom. The second kappa shape index (κ2) is 10.2. The second-order valence-corrected chi connectivity index (χ2v) is 5.92. The lowest BCUT2D eigenvalue weighted by atomic mass is 10.2. The molecule has 2 N–H and O–H groups in total. The van der Waals surface area contributed by atoms with Crippen LogP contribution >= 0.6 is 0 Å². The Bertz CT molecular complexity index is 742. The summed E-state index contributed by atoms with van der Waals surface area (Å²) in [6.07, 6.45) is -0.171. The van der Waals surface area contributed by atoms with Crippen LogP contribution in [0.15, 0.2) is 48.5 Å². The molecule has 2 rings (SSSR count). The molecule has 27 heavy (non-hydrogen) atoms.